The van der Waals surface area contributed by atoms with Gasteiger partial charge in [0.25, 0.3) is 0 Å². The third-order valence-corrected chi connectivity index (χ3v) is 8.33. The van der Waals surface area contributed by atoms with Gasteiger partial charge in [0.05, 0.1) is 0 Å². The lowest BCUT2D eigenvalue weighted by Gasteiger charge is -2.57. The van der Waals surface area contributed by atoms with E-state index in [1.54, 1.807) is 0 Å². The molecule has 2 heteroatoms. The highest BCUT2D eigenvalue weighted by Crippen LogP contribution is 2.66. The van der Waals surface area contributed by atoms with Gasteiger partial charge in [-0.1, -0.05) is 31.4 Å². The summed E-state index contributed by atoms with van der Waals surface area (Å²) in [5.74, 6) is 4.96. The maximum atomic E-state index is 11.9. The summed E-state index contributed by atoms with van der Waals surface area (Å²) in [6.45, 7) is 4.62. The van der Waals surface area contributed by atoms with Gasteiger partial charge in [-0.15, -0.1) is 6.42 Å². The van der Waals surface area contributed by atoms with Gasteiger partial charge in [0.1, 0.15) is 11.4 Å². The third-order valence-electron chi connectivity index (χ3n) is 8.33. The van der Waals surface area contributed by atoms with E-state index in [0.29, 0.717) is 30.0 Å². The Bertz CT molecular complexity index is 626. The Labute approximate surface area is 139 Å². The fraction of sp³-hybridized carbons (Fsp3) is 0.762. The highest BCUT2D eigenvalue weighted by molar-refractivity contribution is 5.82. The molecular weight excluding hydrogens is 284 g/mol. The van der Waals surface area contributed by atoms with E-state index in [9.17, 15) is 9.90 Å². The standard InChI is InChI=1S/C21H28O2/c1-4-21(23)12-9-18-16-6-5-14-13-15(22)7-10-19(14,2)17(16)8-11-20(18,21)3/h1,5,16-18,23H,6-13H2,2-3H3/t16?,17-,18-,19+,20+,21-/m1/s1. The molecule has 0 bridgehead atoms. The van der Waals surface area contributed by atoms with E-state index in [1.807, 2.05) is 0 Å². The predicted octanol–water partition coefficient (Wildman–Crippen LogP) is 3.88. The van der Waals surface area contributed by atoms with Crippen molar-refractivity contribution in [2.24, 2.45) is 28.6 Å². The molecule has 4 aliphatic carbocycles. The fourth-order valence-corrected chi connectivity index (χ4v) is 6.73. The number of fused-ring (bicyclic) bond motifs is 5. The molecule has 0 amide bonds. The fourth-order valence-electron chi connectivity index (χ4n) is 6.73. The number of rotatable bonds is 0. The van der Waals surface area contributed by atoms with Crippen LogP contribution in [-0.4, -0.2) is 16.5 Å². The van der Waals surface area contributed by atoms with Crippen LogP contribution in [0, 0.1) is 40.9 Å². The monoisotopic (exact) mass is 312 g/mol. The number of aliphatic hydroxyl groups is 1. The van der Waals surface area contributed by atoms with Gasteiger partial charge in [0.15, 0.2) is 0 Å². The molecule has 124 valence electrons. The second-order valence-electron chi connectivity index (χ2n) is 8.97. The summed E-state index contributed by atoms with van der Waals surface area (Å²) >= 11 is 0. The van der Waals surface area contributed by atoms with E-state index < -0.39 is 5.60 Å². The maximum absolute atomic E-state index is 11.9. The summed E-state index contributed by atoms with van der Waals surface area (Å²) in [6, 6.07) is 0. The van der Waals surface area contributed by atoms with Crippen LogP contribution in [0.3, 0.4) is 0 Å². The van der Waals surface area contributed by atoms with Crippen LogP contribution in [-0.2, 0) is 4.79 Å². The van der Waals surface area contributed by atoms with Crippen LogP contribution in [0.15, 0.2) is 11.6 Å². The average Bonchev–Trinajstić information content (AvgIpc) is 2.80. The summed E-state index contributed by atoms with van der Waals surface area (Å²) < 4.78 is 0. The van der Waals surface area contributed by atoms with Crippen LogP contribution in [0.5, 0.6) is 0 Å². The molecule has 0 saturated heterocycles. The van der Waals surface area contributed by atoms with Gasteiger partial charge in [-0.25, -0.2) is 0 Å². The molecule has 6 atom stereocenters. The Kier molecular flexibility index (Phi) is 3.18. The summed E-state index contributed by atoms with van der Waals surface area (Å²) in [5.41, 5.74) is 0.559. The Morgan fingerprint density at radius 3 is 2.70 bits per heavy atom. The number of allylic oxidation sites excluding steroid dienone is 2. The van der Waals surface area contributed by atoms with Crippen molar-refractivity contribution < 1.29 is 9.90 Å². The molecule has 3 saturated carbocycles. The van der Waals surface area contributed by atoms with Crippen molar-refractivity contribution in [1.82, 2.24) is 0 Å². The number of carbonyl (C=O) groups is 1. The van der Waals surface area contributed by atoms with E-state index in [4.69, 9.17) is 6.42 Å². The number of Topliss-reactive ketones (excluding diaryl/α,β-unsaturated/α-hetero) is 1. The molecule has 4 rings (SSSR count). The van der Waals surface area contributed by atoms with E-state index in [2.05, 4.69) is 25.8 Å². The minimum absolute atomic E-state index is 0.130. The molecule has 0 aromatic carbocycles. The largest absolute Gasteiger partial charge is 0.377 e. The van der Waals surface area contributed by atoms with Crippen molar-refractivity contribution in [1.29, 1.82) is 0 Å². The van der Waals surface area contributed by atoms with Gasteiger partial charge >= 0.3 is 0 Å². The number of carbonyl (C=O) groups excluding carboxylic acids is 1. The zero-order chi connectivity index (χ0) is 16.5. The van der Waals surface area contributed by atoms with Gasteiger partial charge in [-0.3, -0.25) is 4.79 Å². The molecule has 0 aromatic rings. The van der Waals surface area contributed by atoms with Gasteiger partial charge in [0, 0.05) is 18.3 Å². The van der Waals surface area contributed by atoms with Crippen LogP contribution >= 0.6 is 0 Å². The second kappa shape index (κ2) is 4.73. The van der Waals surface area contributed by atoms with Gasteiger partial charge in [-0.2, -0.15) is 0 Å². The zero-order valence-corrected chi connectivity index (χ0v) is 14.4. The van der Waals surface area contributed by atoms with Crippen LogP contribution < -0.4 is 0 Å². The Morgan fingerprint density at radius 2 is 1.96 bits per heavy atom. The van der Waals surface area contributed by atoms with Gasteiger partial charge < -0.3 is 5.11 Å². The van der Waals surface area contributed by atoms with Crippen LogP contribution in [0.1, 0.15) is 65.2 Å². The summed E-state index contributed by atoms with van der Waals surface area (Å²) in [4.78, 5) is 11.9. The normalized spacial score (nSPS) is 52.0. The third kappa shape index (κ3) is 1.84. The van der Waals surface area contributed by atoms with E-state index in [-0.39, 0.29) is 10.8 Å². The van der Waals surface area contributed by atoms with Crippen LogP contribution in [0.25, 0.3) is 0 Å². The van der Waals surface area contributed by atoms with Crippen molar-refractivity contribution in [3.05, 3.63) is 11.6 Å². The van der Waals surface area contributed by atoms with Crippen LogP contribution in [0.2, 0.25) is 0 Å². The number of hydrogen-bond donors (Lipinski definition) is 1. The SMILES string of the molecule is C#C[C@@]1(O)CC[C@@H]2C3CC=C4CC(=O)CC[C@]4(C)[C@@H]3CC[C@@]21C. The summed E-state index contributed by atoms with van der Waals surface area (Å²) in [6.07, 6.45) is 15.6. The first-order valence-electron chi connectivity index (χ1n) is 9.25. The molecule has 4 aliphatic rings. The second-order valence-corrected chi connectivity index (χ2v) is 8.97. The quantitative estimate of drug-likeness (QED) is 0.544. The molecule has 0 heterocycles. The van der Waals surface area contributed by atoms with Gasteiger partial charge in [-0.05, 0) is 61.7 Å². The molecule has 1 unspecified atom stereocenters. The smallest absolute Gasteiger partial charge is 0.136 e. The molecular formula is C21H28O2. The molecule has 0 aliphatic heterocycles. The first-order chi connectivity index (χ1) is 10.8. The highest BCUT2D eigenvalue weighted by atomic mass is 16.3. The van der Waals surface area contributed by atoms with Crippen molar-refractivity contribution in [2.75, 3.05) is 0 Å². The van der Waals surface area contributed by atoms with E-state index in [1.165, 1.54) is 5.57 Å². The minimum atomic E-state index is -0.921. The molecule has 0 spiro atoms. The molecule has 1 N–H and O–H groups in total. The summed E-state index contributed by atoms with van der Waals surface area (Å²) in [7, 11) is 0. The molecule has 23 heavy (non-hydrogen) atoms. The molecule has 0 aromatic heterocycles. The van der Waals surface area contributed by atoms with Crippen molar-refractivity contribution in [2.45, 2.75) is 70.8 Å². The van der Waals surface area contributed by atoms with Crippen LogP contribution in [0.4, 0.5) is 0 Å². The predicted molar refractivity (Wildman–Crippen MR) is 90.5 cm³/mol. The van der Waals surface area contributed by atoms with Gasteiger partial charge in [0.2, 0.25) is 0 Å². The minimum Gasteiger partial charge on any atom is -0.377 e. The lowest BCUT2D eigenvalue weighted by Crippen LogP contribution is -2.54. The lowest BCUT2D eigenvalue weighted by molar-refractivity contribution is -0.123. The molecule has 3 fully saturated rings. The van der Waals surface area contributed by atoms with Crippen molar-refractivity contribution in [3.63, 3.8) is 0 Å². The average molecular weight is 312 g/mol. The molecule has 0 radical (unpaired) electrons. The topological polar surface area (TPSA) is 37.3 Å². The Hall–Kier alpha value is -1.07. The summed E-state index contributed by atoms with van der Waals surface area (Å²) in [5, 5.41) is 11.0. The Morgan fingerprint density at radius 1 is 1.22 bits per heavy atom. The van der Waals surface area contributed by atoms with E-state index >= 15 is 0 Å². The zero-order valence-electron chi connectivity index (χ0n) is 14.4. The van der Waals surface area contributed by atoms with Crippen molar-refractivity contribution in [3.8, 4) is 12.3 Å². The van der Waals surface area contributed by atoms with E-state index in [0.717, 1.165) is 44.9 Å². The number of ketones is 1. The lowest BCUT2D eigenvalue weighted by atomic mass is 9.47. The number of hydrogen-bond acceptors (Lipinski definition) is 2. The first kappa shape index (κ1) is 15.5. The highest BCUT2D eigenvalue weighted by Gasteiger charge is 2.63. The number of terminal acetylenes is 1. The van der Waals surface area contributed by atoms with Crippen molar-refractivity contribution >= 4 is 5.78 Å². The maximum Gasteiger partial charge on any atom is 0.136 e. The first-order valence-corrected chi connectivity index (χ1v) is 9.25. The molecule has 2 nitrogen and oxygen atoms in total. The Balaban J connectivity index is 1.71.